The molecule has 1 atom stereocenters. The number of anilines is 2. The predicted molar refractivity (Wildman–Crippen MR) is 127 cm³/mol. The van der Waals surface area contributed by atoms with Crippen LogP contribution >= 0.6 is 0 Å². The first-order chi connectivity index (χ1) is 15.6. The molecule has 6 nitrogen and oxygen atoms in total. The Morgan fingerprint density at radius 2 is 1.69 bits per heavy atom. The number of aromatic nitrogens is 1. The molecule has 2 heterocycles. The topological polar surface area (TPSA) is 74.3 Å². The molecule has 0 spiro atoms. The van der Waals surface area contributed by atoms with Crippen LogP contribution in [0.5, 0.6) is 0 Å². The molecule has 0 bridgehead atoms. The van der Waals surface area contributed by atoms with Gasteiger partial charge in [-0.1, -0.05) is 24.6 Å². The number of amides is 2. The van der Waals surface area contributed by atoms with Crippen molar-refractivity contribution in [1.82, 2.24) is 9.88 Å². The van der Waals surface area contributed by atoms with Gasteiger partial charge in [0.1, 0.15) is 0 Å². The third-order valence-electron chi connectivity index (χ3n) is 5.84. The molecule has 0 radical (unpaired) electrons. The molecule has 1 aromatic heterocycles. The monoisotopic (exact) mass is 428 g/mol. The molecule has 1 aliphatic rings. The molecule has 6 heteroatoms. The summed E-state index contributed by atoms with van der Waals surface area (Å²) in [7, 11) is 0. The van der Waals surface area contributed by atoms with Crippen molar-refractivity contribution in [3.8, 4) is 0 Å². The van der Waals surface area contributed by atoms with Gasteiger partial charge in [0.05, 0.1) is 5.56 Å². The van der Waals surface area contributed by atoms with Crippen molar-refractivity contribution in [1.29, 1.82) is 0 Å². The zero-order valence-electron chi connectivity index (χ0n) is 18.3. The van der Waals surface area contributed by atoms with Gasteiger partial charge in [0.2, 0.25) is 0 Å². The van der Waals surface area contributed by atoms with Crippen molar-refractivity contribution in [2.24, 2.45) is 0 Å². The number of hydrogen-bond acceptors (Lipinski definition) is 4. The molecule has 32 heavy (non-hydrogen) atoms. The molecule has 3 aromatic rings. The third kappa shape index (κ3) is 5.59. The van der Waals surface area contributed by atoms with Gasteiger partial charge in [-0.25, -0.2) is 0 Å². The van der Waals surface area contributed by atoms with E-state index in [1.54, 1.807) is 42.6 Å². The lowest BCUT2D eigenvalue weighted by atomic mass is 10.0. The van der Waals surface area contributed by atoms with Crippen LogP contribution in [0.2, 0.25) is 0 Å². The number of carbonyl (C=O) groups excluding carboxylic acids is 2. The van der Waals surface area contributed by atoms with E-state index in [0.29, 0.717) is 22.9 Å². The van der Waals surface area contributed by atoms with Crippen LogP contribution in [0.1, 0.15) is 52.5 Å². The molecule has 1 fully saturated rings. The van der Waals surface area contributed by atoms with Crippen LogP contribution in [-0.4, -0.2) is 34.3 Å². The molecule has 1 aliphatic heterocycles. The Balaban J connectivity index is 1.36. The summed E-state index contributed by atoms with van der Waals surface area (Å²) in [6.07, 6.45) is 6.96. The van der Waals surface area contributed by atoms with Crippen molar-refractivity contribution in [3.05, 3.63) is 89.7 Å². The number of piperidine rings is 1. The van der Waals surface area contributed by atoms with E-state index >= 15 is 0 Å². The number of nitrogens with one attached hydrogen (secondary N) is 2. The Hall–Kier alpha value is -3.51. The summed E-state index contributed by atoms with van der Waals surface area (Å²) in [5.41, 5.74) is 3.48. The molecule has 0 saturated carbocycles. The highest BCUT2D eigenvalue weighted by Gasteiger charge is 2.18. The number of benzene rings is 2. The first-order valence-electron chi connectivity index (χ1n) is 11.0. The first kappa shape index (κ1) is 21.7. The van der Waals surface area contributed by atoms with Crippen LogP contribution in [-0.2, 0) is 6.54 Å². The van der Waals surface area contributed by atoms with E-state index < -0.39 is 0 Å². The highest BCUT2D eigenvalue weighted by molar-refractivity contribution is 6.07. The Labute approximate surface area is 188 Å². The fourth-order valence-electron chi connectivity index (χ4n) is 3.96. The van der Waals surface area contributed by atoms with Gasteiger partial charge in [-0.3, -0.25) is 19.5 Å². The molecule has 1 saturated heterocycles. The normalized spacial score (nSPS) is 16.3. The van der Waals surface area contributed by atoms with Crippen LogP contribution < -0.4 is 10.6 Å². The van der Waals surface area contributed by atoms with Gasteiger partial charge in [-0.15, -0.1) is 0 Å². The largest absolute Gasteiger partial charge is 0.322 e. The summed E-state index contributed by atoms with van der Waals surface area (Å²) in [6.45, 7) is 4.38. The van der Waals surface area contributed by atoms with E-state index in [0.717, 1.165) is 18.8 Å². The van der Waals surface area contributed by atoms with Crippen molar-refractivity contribution in [2.75, 3.05) is 17.2 Å². The van der Waals surface area contributed by atoms with Crippen LogP contribution in [0.15, 0.2) is 73.1 Å². The number of pyridine rings is 1. The third-order valence-corrected chi connectivity index (χ3v) is 5.84. The maximum atomic E-state index is 12.7. The smallest absolute Gasteiger partial charge is 0.257 e. The Bertz CT molecular complexity index is 1070. The second kappa shape index (κ2) is 10.2. The molecular weight excluding hydrogens is 400 g/mol. The maximum Gasteiger partial charge on any atom is 0.257 e. The lowest BCUT2D eigenvalue weighted by Crippen LogP contribution is -2.36. The second-order valence-corrected chi connectivity index (χ2v) is 8.24. The lowest BCUT2D eigenvalue weighted by Gasteiger charge is -2.33. The summed E-state index contributed by atoms with van der Waals surface area (Å²) in [5, 5.41) is 5.74. The Morgan fingerprint density at radius 1 is 0.938 bits per heavy atom. The van der Waals surface area contributed by atoms with Crippen LogP contribution in [0, 0.1) is 0 Å². The minimum absolute atomic E-state index is 0.222. The summed E-state index contributed by atoms with van der Waals surface area (Å²) >= 11 is 0. The SMILES string of the molecule is C[C@@H]1CCCCN1Cc1ccc(NC(=O)c2cccc(NC(=O)c3cccnc3)c2)cc1. The van der Waals surface area contributed by atoms with Gasteiger partial charge in [-0.05, 0) is 74.3 Å². The fraction of sp³-hybridized carbons (Fsp3) is 0.269. The zero-order valence-corrected chi connectivity index (χ0v) is 18.3. The molecule has 164 valence electrons. The predicted octanol–water partition coefficient (Wildman–Crippen LogP) is 4.96. The molecule has 0 aliphatic carbocycles. The van der Waals surface area contributed by atoms with Crippen LogP contribution in [0.3, 0.4) is 0 Å². The molecular formula is C26H28N4O2. The van der Waals surface area contributed by atoms with E-state index in [2.05, 4.69) is 39.6 Å². The van der Waals surface area contributed by atoms with Crippen molar-refractivity contribution in [2.45, 2.75) is 38.8 Å². The molecule has 2 amide bonds. The van der Waals surface area contributed by atoms with Crippen molar-refractivity contribution < 1.29 is 9.59 Å². The molecule has 4 rings (SSSR count). The average Bonchev–Trinajstić information content (AvgIpc) is 2.82. The van der Waals surface area contributed by atoms with E-state index in [1.165, 1.54) is 31.0 Å². The van der Waals surface area contributed by atoms with E-state index in [4.69, 9.17) is 0 Å². The van der Waals surface area contributed by atoms with Crippen molar-refractivity contribution >= 4 is 23.2 Å². The van der Waals surface area contributed by atoms with Gasteiger partial charge in [0.25, 0.3) is 11.8 Å². The van der Waals surface area contributed by atoms with Gasteiger partial charge in [0.15, 0.2) is 0 Å². The maximum absolute atomic E-state index is 12.7. The Morgan fingerprint density at radius 3 is 2.44 bits per heavy atom. The Kier molecular flexibility index (Phi) is 6.92. The average molecular weight is 429 g/mol. The molecule has 2 N–H and O–H groups in total. The van der Waals surface area contributed by atoms with Gasteiger partial charge < -0.3 is 10.6 Å². The number of nitrogens with zero attached hydrogens (tertiary/aromatic N) is 2. The van der Waals surface area contributed by atoms with Gasteiger partial charge in [0, 0.05) is 41.9 Å². The highest BCUT2D eigenvalue weighted by atomic mass is 16.2. The minimum atomic E-state index is -0.269. The molecule has 2 aromatic carbocycles. The number of carbonyl (C=O) groups is 2. The summed E-state index contributed by atoms with van der Waals surface area (Å²) in [4.78, 5) is 31.5. The summed E-state index contributed by atoms with van der Waals surface area (Å²) in [5.74, 6) is -0.492. The van der Waals surface area contributed by atoms with Gasteiger partial charge in [-0.2, -0.15) is 0 Å². The van der Waals surface area contributed by atoms with Crippen LogP contribution in [0.4, 0.5) is 11.4 Å². The van der Waals surface area contributed by atoms with Gasteiger partial charge >= 0.3 is 0 Å². The standard InChI is InChI=1S/C26H28N4O2/c1-19-6-2-3-15-30(19)18-20-10-12-23(13-11-20)28-25(31)21-7-4-9-24(16-21)29-26(32)22-8-5-14-27-17-22/h4-5,7-14,16-17,19H,2-3,6,15,18H2,1H3,(H,28,31)(H,29,32)/t19-/m1/s1. The summed E-state index contributed by atoms with van der Waals surface area (Å²) in [6, 6.07) is 18.9. The number of likely N-dealkylation sites (tertiary alicyclic amines) is 1. The second-order valence-electron chi connectivity index (χ2n) is 8.24. The quantitative estimate of drug-likeness (QED) is 0.582. The fourth-order valence-corrected chi connectivity index (χ4v) is 3.96. The molecule has 0 unspecified atom stereocenters. The zero-order chi connectivity index (χ0) is 22.3. The minimum Gasteiger partial charge on any atom is -0.322 e. The first-order valence-corrected chi connectivity index (χ1v) is 11.0. The van der Waals surface area contributed by atoms with E-state index in [-0.39, 0.29) is 11.8 Å². The van der Waals surface area contributed by atoms with Crippen LogP contribution in [0.25, 0.3) is 0 Å². The van der Waals surface area contributed by atoms with E-state index in [9.17, 15) is 9.59 Å². The number of rotatable bonds is 6. The highest BCUT2D eigenvalue weighted by Crippen LogP contribution is 2.20. The van der Waals surface area contributed by atoms with E-state index in [1.807, 2.05) is 12.1 Å². The van der Waals surface area contributed by atoms with Crippen molar-refractivity contribution in [3.63, 3.8) is 0 Å². The summed E-state index contributed by atoms with van der Waals surface area (Å²) < 4.78 is 0. The lowest BCUT2D eigenvalue weighted by molar-refractivity contribution is 0.101. The number of hydrogen-bond donors (Lipinski definition) is 2.